The normalized spacial score (nSPS) is 16.1. The van der Waals surface area contributed by atoms with Gasteiger partial charge in [0, 0.05) is 42.2 Å². The van der Waals surface area contributed by atoms with Crippen molar-refractivity contribution >= 4 is 38.8 Å². The molecule has 1 aliphatic heterocycles. The standard InChI is InChI=1S/C21H26N4O3S2/c1-13-14(2)30-21-19(13)20(27)23-17(24-21)5-6-18(26)22-12-15(16-4-3-11-29-16)25-7-9-28-10-8-25/h3-4,11,15H,5-10,12H2,1-2H3,(H,22,26)(H,23,24,27). The second-order valence-electron chi connectivity index (χ2n) is 7.46. The summed E-state index contributed by atoms with van der Waals surface area (Å²) in [6, 6.07) is 4.32. The number of ether oxygens (including phenoxy) is 1. The van der Waals surface area contributed by atoms with Crippen LogP contribution in [0, 0.1) is 13.8 Å². The third-order valence-electron chi connectivity index (χ3n) is 5.53. The molecule has 1 saturated heterocycles. The predicted octanol–water partition coefficient (Wildman–Crippen LogP) is 2.79. The monoisotopic (exact) mass is 446 g/mol. The quantitative estimate of drug-likeness (QED) is 0.583. The van der Waals surface area contributed by atoms with E-state index >= 15 is 0 Å². The van der Waals surface area contributed by atoms with Crippen molar-refractivity contribution in [1.29, 1.82) is 0 Å². The smallest absolute Gasteiger partial charge is 0.259 e. The fourth-order valence-corrected chi connectivity index (χ4v) is 5.64. The Morgan fingerprint density at radius 3 is 2.90 bits per heavy atom. The van der Waals surface area contributed by atoms with Gasteiger partial charge in [0.1, 0.15) is 10.7 Å². The molecule has 7 nitrogen and oxygen atoms in total. The van der Waals surface area contributed by atoms with Gasteiger partial charge < -0.3 is 15.0 Å². The van der Waals surface area contributed by atoms with E-state index in [9.17, 15) is 9.59 Å². The second kappa shape index (κ2) is 9.38. The number of fused-ring (bicyclic) bond motifs is 1. The molecule has 1 atom stereocenters. The number of rotatable bonds is 7. The number of hydrogen-bond donors (Lipinski definition) is 2. The summed E-state index contributed by atoms with van der Waals surface area (Å²) >= 11 is 3.23. The van der Waals surface area contributed by atoms with Crippen molar-refractivity contribution in [1.82, 2.24) is 20.2 Å². The van der Waals surface area contributed by atoms with Crippen LogP contribution in [0.25, 0.3) is 10.2 Å². The van der Waals surface area contributed by atoms with Crippen molar-refractivity contribution in [2.24, 2.45) is 0 Å². The summed E-state index contributed by atoms with van der Waals surface area (Å²) in [6.45, 7) is 7.67. The van der Waals surface area contributed by atoms with Crippen LogP contribution in [0.15, 0.2) is 22.3 Å². The highest BCUT2D eigenvalue weighted by Gasteiger charge is 2.24. The first-order valence-electron chi connectivity index (χ1n) is 10.1. The lowest BCUT2D eigenvalue weighted by Crippen LogP contribution is -2.43. The Balaban J connectivity index is 1.37. The van der Waals surface area contributed by atoms with Crippen LogP contribution in [-0.2, 0) is 16.0 Å². The molecule has 0 saturated carbocycles. The average molecular weight is 447 g/mol. The lowest BCUT2D eigenvalue weighted by molar-refractivity contribution is -0.121. The fraction of sp³-hybridized carbons (Fsp3) is 0.476. The lowest BCUT2D eigenvalue weighted by Gasteiger charge is -2.34. The number of aromatic nitrogens is 2. The Morgan fingerprint density at radius 1 is 1.37 bits per heavy atom. The molecule has 1 amide bonds. The highest BCUT2D eigenvalue weighted by atomic mass is 32.1. The van der Waals surface area contributed by atoms with Gasteiger partial charge in [-0.05, 0) is 30.9 Å². The molecule has 0 bridgehead atoms. The van der Waals surface area contributed by atoms with Crippen molar-refractivity contribution in [3.8, 4) is 0 Å². The molecule has 4 heterocycles. The fourth-order valence-electron chi connectivity index (χ4n) is 3.73. The van der Waals surface area contributed by atoms with E-state index in [1.165, 1.54) is 16.2 Å². The number of morpholine rings is 1. The number of thiophene rings is 2. The van der Waals surface area contributed by atoms with E-state index < -0.39 is 0 Å². The maximum Gasteiger partial charge on any atom is 0.259 e. The van der Waals surface area contributed by atoms with E-state index in [0.29, 0.717) is 24.2 Å². The summed E-state index contributed by atoms with van der Waals surface area (Å²) in [5.41, 5.74) is 0.859. The van der Waals surface area contributed by atoms with Gasteiger partial charge in [-0.15, -0.1) is 22.7 Å². The number of aryl methyl sites for hydroxylation is 3. The molecule has 0 radical (unpaired) electrons. The minimum Gasteiger partial charge on any atom is -0.379 e. The molecule has 2 N–H and O–H groups in total. The molecule has 4 rings (SSSR count). The van der Waals surface area contributed by atoms with Gasteiger partial charge in [0.2, 0.25) is 5.91 Å². The van der Waals surface area contributed by atoms with Gasteiger partial charge >= 0.3 is 0 Å². The Bertz CT molecular complexity index is 1070. The molecule has 1 aliphatic rings. The van der Waals surface area contributed by atoms with Gasteiger partial charge in [0.25, 0.3) is 5.56 Å². The second-order valence-corrected chi connectivity index (χ2v) is 9.64. The van der Waals surface area contributed by atoms with Crippen LogP contribution in [-0.4, -0.2) is 53.6 Å². The van der Waals surface area contributed by atoms with E-state index in [4.69, 9.17) is 4.74 Å². The maximum absolute atomic E-state index is 12.5. The number of hydrogen-bond acceptors (Lipinski definition) is 7. The number of carbonyl (C=O) groups excluding carboxylic acids is 1. The van der Waals surface area contributed by atoms with Crippen molar-refractivity contribution in [2.45, 2.75) is 32.7 Å². The van der Waals surface area contributed by atoms with Gasteiger partial charge in [-0.1, -0.05) is 6.07 Å². The molecular weight excluding hydrogens is 420 g/mol. The van der Waals surface area contributed by atoms with Gasteiger partial charge in [0.15, 0.2) is 0 Å². The summed E-state index contributed by atoms with van der Waals surface area (Å²) in [7, 11) is 0. The first-order valence-corrected chi connectivity index (χ1v) is 11.8. The molecule has 1 fully saturated rings. The highest BCUT2D eigenvalue weighted by molar-refractivity contribution is 7.18. The summed E-state index contributed by atoms with van der Waals surface area (Å²) in [5.74, 6) is 0.526. The van der Waals surface area contributed by atoms with Crippen LogP contribution in [0.2, 0.25) is 0 Å². The minimum atomic E-state index is -0.123. The number of H-pyrrole nitrogens is 1. The van der Waals surface area contributed by atoms with Crippen molar-refractivity contribution in [3.05, 3.63) is 49.0 Å². The zero-order valence-corrected chi connectivity index (χ0v) is 18.8. The molecule has 3 aromatic heterocycles. The van der Waals surface area contributed by atoms with E-state index in [1.807, 2.05) is 19.9 Å². The molecule has 3 aromatic rings. The zero-order chi connectivity index (χ0) is 21.1. The van der Waals surface area contributed by atoms with Gasteiger partial charge in [-0.3, -0.25) is 14.5 Å². The van der Waals surface area contributed by atoms with E-state index in [1.54, 1.807) is 11.3 Å². The Morgan fingerprint density at radius 2 is 2.17 bits per heavy atom. The molecule has 0 aliphatic carbocycles. The van der Waals surface area contributed by atoms with E-state index in [-0.39, 0.29) is 23.9 Å². The van der Waals surface area contributed by atoms with Gasteiger partial charge in [-0.2, -0.15) is 0 Å². The van der Waals surface area contributed by atoms with E-state index in [0.717, 1.165) is 41.6 Å². The SMILES string of the molecule is Cc1sc2nc(CCC(=O)NCC(c3cccs3)N3CCOCC3)[nH]c(=O)c2c1C. The number of amides is 1. The molecule has 0 aromatic carbocycles. The lowest BCUT2D eigenvalue weighted by atomic mass is 10.1. The van der Waals surface area contributed by atoms with Crippen LogP contribution in [0.3, 0.4) is 0 Å². The third kappa shape index (κ3) is 4.64. The summed E-state index contributed by atoms with van der Waals surface area (Å²) in [6.07, 6.45) is 0.701. The van der Waals surface area contributed by atoms with Crippen molar-refractivity contribution in [2.75, 3.05) is 32.8 Å². The highest BCUT2D eigenvalue weighted by Crippen LogP contribution is 2.26. The summed E-state index contributed by atoms with van der Waals surface area (Å²) < 4.78 is 5.47. The average Bonchev–Trinajstić information content (AvgIpc) is 3.36. The van der Waals surface area contributed by atoms with Crippen LogP contribution in [0.4, 0.5) is 0 Å². The molecule has 9 heteroatoms. The Kier molecular flexibility index (Phi) is 6.62. The number of aromatic amines is 1. The zero-order valence-electron chi connectivity index (χ0n) is 17.2. The predicted molar refractivity (Wildman–Crippen MR) is 120 cm³/mol. The van der Waals surface area contributed by atoms with Gasteiger partial charge in [0.05, 0.1) is 24.6 Å². The van der Waals surface area contributed by atoms with Crippen LogP contribution < -0.4 is 10.9 Å². The Hall–Kier alpha value is -2.07. The maximum atomic E-state index is 12.5. The molecule has 1 unspecified atom stereocenters. The van der Waals surface area contributed by atoms with Crippen molar-refractivity contribution < 1.29 is 9.53 Å². The van der Waals surface area contributed by atoms with Gasteiger partial charge in [-0.25, -0.2) is 4.98 Å². The molecule has 160 valence electrons. The van der Waals surface area contributed by atoms with Crippen LogP contribution in [0.5, 0.6) is 0 Å². The van der Waals surface area contributed by atoms with Crippen LogP contribution in [0.1, 0.15) is 33.6 Å². The molecule has 30 heavy (non-hydrogen) atoms. The van der Waals surface area contributed by atoms with E-state index in [2.05, 4.69) is 31.6 Å². The van der Waals surface area contributed by atoms with Crippen molar-refractivity contribution in [3.63, 3.8) is 0 Å². The van der Waals surface area contributed by atoms with Crippen LogP contribution >= 0.6 is 22.7 Å². The minimum absolute atomic E-state index is 0.0360. The topological polar surface area (TPSA) is 87.3 Å². The molecular formula is C21H26N4O3S2. The largest absolute Gasteiger partial charge is 0.379 e. The third-order valence-corrected chi connectivity index (χ3v) is 7.60. The number of nitrogens with zero attached hydrogens (tertiary/aromatic N) is 2. The Labute approximate surface area is 183 Å². The first kappa shape index (κ1) is 21.2. The summed E-state index contributed by atoms with van der Waals surface area (Å²) in [5, 5.41) is 5.80. The first-order chi connectivity index (χ1) is 14.5. The molecule has 0 spiro atoms. The number of nitrogens with one attached hydrogen (secondary N) is 2. The summed E-state index contributed by atoms with van der Waals surface area (Å²) in [4.78, 5) is 37.8. The number of carbonyl (C=O) groups is 1.